The summed E-state index contributed by atoms with van der Waals surface area (Å²) < 4.78 is 1.79. The van der Waals surface area contributed by atoms with E-state index in [1.54, 1.807) is 10.9 Å². The number of anilines is 1. The molecule has 0 saturated heterocycles. The summed E-state index contributed by atoms with van der Waals surface area (Å²) in [4.78, 5) is 16.2. The second-order valence-corrected chi connectivity index (χ2v) is 5.87. The first-order valence-electron chi connectivity index (χ1n) is 7.62. The molecule has 1 aliphatic carbocycles. The van der Waals surface area contributed by atoms with Crippen molar-refractivity contribution in [2.45, 2.75) is 26.7 Å². The first kappa shape index (κ1) is 14.7. The maximum Gasteiger partial charge on any atom is 0.238 e. The van der Waals surface area contributed by atoms with E-state index in [0.29, 0.717) is 12.2 Å². The summed E-state index contributed by atoms with van der Waals surface area (Å²) in [6, 6.07) is 5.70. The molecule has 0 aliphatic heterocycles. The Labute approximate surface area is 129 Å². The number of carbonyl (C=O) groups is 1. The molecule has 1 aliphatic rings. The summed E-state index contributed by atoms with van der Waals surface area (Å²) >= 11 is 0. The van der Waals surface area contributed by atoms with E-state index in [1.165, 1.54) is 12.8 Å². The SMILES string of the molecule is Cc1cc(C)n(-c2ccc(NC(=O)CNCC3CC3)cn2)n1. The van der Waals surface area contributed by atoms with Crippen LogP contribution in [-0.4, -0.2) is 33.8 Å². The Morgan fingerprint density at radius 1 is 1.36 bits per heavy atom. The molecule has 2 aromatic heterocycles. The molecular formula is C16H21N5O. The molecule has 0 radical (unpaired) electrons. The second kappa shape index (κ2) is 6.27. The van der Waals surface area contributed by atoms with Gasteiger partial charge in [0.2, 0.25) is 5.91 Å². The standard InChI is InChI=1S/C16H21N5O/c1-11-7-12(2)21(20-11)15-6-5-14(9-18-15)19-16(22)10-17-8-13-3-4-13/h5-7,9,13,17H,3-4,8,10H2,1-2H3,(H,19,22). The number of hydrogen-bond acceptors (Lipinski definition) is 4. The predicted molar refractivity (Wildman–Crippen MR) is 85.1 cm³/mol. The molecule has 1 fully saturated rings. The van der Waals surface area contributed by atoms with Gasteiger partial charge in [-0.15, -0.1) is 0 Å². The topological polar surface area (TPSA) is 71.8 Å². The van der Waals surface area contributed by atoms with Crippen LogP contribution in [0.15, 0.2) is 24.4 Å². The average molecular weight is 299 g/mol. The smallest absolute Gasteiger partial charge is 0.238 e. The first-order chi connectivity index (χ1) is 10.6. The minimum absolute atomic E-state index is 0.0404. The van der Waals surface area contributed by atoms with Gasteiger partial charge in [-0.25, -0.2) is 9.67 Å². The van der Waals surface area contributed by atoms with Gasteiger partial charge in [-0.05, 0) is 57.4 Å². The molecule has 0 aromatic carbocycles. The van der Waals surface area contributed by atoms with Crippen LogP contribution in [-0.2, 0) is 4.79 Å². The molecule has 1 saturated carbocycles. The van der Waals surface area contributed by atoms with E-state index in [0.717, 1.165) is 29.7 Å². The number of nitrogens with zero attached hydrogens (tertiary/aromatic N) is 3. The fraction of sp³-hybridized carbons (Fsp3) is 0.438. The Hall–Kier alpha value is -2.21. The van der Waals surface area contributed by atoms with Crippen LogP contribution in [0, 0.1) is 19.8 Å². The van der Waals surface area contributed by atoms with Gasteiger partial charge in [0.05, 0.1) is 24.1 Å². The van der Waals surface area contributed by atoms with E-state index in [-0.39, 0.29) is 5.91 Å². The van der Waals surface area contributed by atoms with Crippen molar-refractivity contribution in [2.24, 2.45) is 5.92 Å². The predicted octanol–water partition coefficient (Wildman–Crippen LogP) is 1.82. The van der Waals surface area contributed by atoms with Crippen LogP contribution in [0.1, 0.15) is 24.2 Å². The minimum atomic E-state index is -0.0404. The summed E-state index contributed by atoms with van der Waals surface area (Å²) in [5.41, 5.74) is 2.69. The van der Waals surface area contributed by atoms with Gasteiger partial charge in [0.25, 0.3) is 0 Å². The Balaban J connectivity index is 1.56. The van der Waals surface area contributed by atoms with Crippen molar-refractivity contribution in [3.05, 3.63) is 35.8 Å². The van der Waals surface area contributed by atoms with Crippen molar-refractivity contribution in [3.8, 4) is 5.82 Å². The molecule has 2 aromatic rings. The lowest BCUT2D eigenvalue weighted by molar-refractivity contribution is -0.115. The number of rotatable bonds is 6. The van der Waals surface area contributed by atoms with Crippen LogP contribution in [0.4, 0.5) is 5.69 Å². The molecule has 6 nitrogen and oxygen atoms in total. The zero-order chi connectivity index (χ0) is 15.5. The Morgan fingerprint density at radius 2 is 2.18 bits per heavy atom. The molecule has 0 unspecified atom stereocenters. The van der Waals surface area contributed by atoms with Gasteiger partial charge in [-0.2, -0.15) is 5.10 Å². The van der Waals surface area contributed by atoms with E-state index in [9.17, 15) is 4.79 Å². The van der Waals surface area contributed by atoms with Gasteiger partial charge in [-0.3, -0.25) is 4.79 Å². The number of amides is 1. The van der Waals surface area contributed by atoms with E-state index < -0.39 is 0 Å². The van der Waals surface area contributed by atoms with Crippen molar-refractivity contribution in [3.63, 3.8) is 0 Å². The molecular weight excluding hydrogens is 278 g/mol. The van der Waals surface area contributed by atoms with Crippen LogP contribution in [0.5, 0.6) is 0 Å². The second-order valence-electron chi connectivity index (χ2n) is 5.87. The fourth-order valence-corrected chi connectivity index (χ4v) is 2.36. The summed E-state index contributed by atoms with van der Waals surface area (Å²) in [6.07, 6.45) is 4.23. The van der Waals surface area contributed by atoms with Crippen molar-refractivity contribution >= 4 is 11.6 Å². The molecule has 0 atom stereocenters. The minimum Gasteiger partial charge on any atom is -0.324 e. The highest BCUT2D eigenvalue weighted by atomic mass is 16.1. The highest BCUT2D eigenvalue weighted by Crippen LogP contribution is 2.27. The molecule has 2 N–H and O–H groups in total. The molecule has 22 heavy (non-hydrogen) atoms. The van der Waals surface area contributed by atoms with E-state index >= 15 is 0 Å². The van der Waals surface area contributed by atoms with Gasteiger partial charge in [0, 0.05) is 5.69 Å². The number of nitrogens with one attached hydrogen (secondary N) is 2. The third-order valence-electron chi connectivity index (χ3n) is 3.67. The summed E-state index contributed by atoms with van der Waals surface area (Å²) in [7, 11) is 0. The molecule has 2 heterocycles. The van der Waals surface area contributed by atoms with Gasteiger partial charge in [-0.1, -0.05) is 0 Å². The highest BCUT2D eigenvalue weighted by molar-refractivity contribution is 5.92. The molecule has 0 bridgehead atoms. The molecule has 3 rings (SSSR count). The highest BCUT2D eigenvalue weighted by Gasteiger charge is 2.20. The molecule has 6 heteroatoms. The normalized spacial score (nSPS) is 14.1. The van der Waals surface area contributed by atoms with Crippen molar-refractivity contribution in [1.82, 2.24) is 20.1 Å². The molecule has 116 valence electrons. The average Bonchev–Trinajstić information content (AvgIpc) is 3.24. The largest absolute Gasteiger partial charge is 0.324 e. The summed E-state index contributed by atoms with van der Waals surface area (Å²) in [5.74, 6) is 1.48. The first-order valence-corrected chi connectivity index (χ1v) is 7.62. The lowest BCUT2D eigenvalue weighted by Gasteiger charge is -2.07. The number of aromatic nitrogens is 3. The number of aryl methyl sites for hydroxylation is 2. The third kappa shape index (κ3) is 3.71. The van der Waals surface area contributed by atoms with Gasteiger partial charge >= 0.3 is 0 Å². The third-order valence-corrected chi connectivity index (χ3v) is 3.67. The van der Waals surface area contributed by atoms with E-state index in [4.69, 9.17) is 0 Å². The van der Waals surface area contributed by atoms with E-state index in [2.05, 4.69) is 20.7 Å². The lowest BCUT2D eigenvalue weighted by Crippen LogP contribution is -2.29. The summed E-state index contributed by atoms with van der Waals surface area (Å²) in [6.45, 7) is 5.22. The maximum absolute atomic E-state index is 11.8. The monoisotopic (exact) mass is 299 g/mol. The van der Waals surface area contributed by atoms with Gasteiger partial charge in [0.15, 0.2) is 5.82 Å². The van der Waals surface area contributed by atoms with Crippen LogP contribution < -0.4 is 10.6 Å². The van der Waals surface area contributed by atoms with Crippen molar-refractivity contribution < 1.29 is 4.79 Å². The van der Waals surface area contributed by atoms with Crippen molar-refractivity contribution in [2.75, 3.05) is 18.4 Å². The fourth-order valence-electron chi connectivity index (χ4n) is 2.36. The molecule has 1 amide bonds. The van der Waals surface area contributed by atoms with Crippen molar-refractivity contribution in [1.29, 1.82) is 0 Å². The van der Waals surface area contributed by atoms with Crippen LogP contribution >= 0.6 is 0 Å². The van der Waals surface area contributed by atoms with Crippen LogP contribution in [0.3, 0.4) is 0 Å². The van der Waals surface area contributed by atoms with Crippen LogP contribution in [0.25, 0.3) is 5.82 Å². The maximum atomic E-state index is 11.8. The lowest BCUT2D eigenvalue weighted by atomic mass is 10.3. The number of carbonyl (C=O) groups excluding carboxylic acids is 1. The number of pyridine rings is 1. The molecule has 0 spiro atoms. The Bertz CT molecular complexity index is 658. The Morgan fingerprint density at radius 3 is 2.77 bits per heavy atom. The zero-order valence-electron chi connectivity index (χ0n) is 13.0. The zero-order valence-corrected chi connectivity index (χ0v) is 13.0. The van der Waals surface area contributed by atoms with Gasteiger partial charge in [0.1, 0.15) is 0 Å². The Kier molecular flexibility index (Phi) is 4.20. The quantitative estimate of drug-likeness (QED) is 0.853. The van der Waals surface area contributed by atoms with Crippen LogP contribution in [0.2, 0.25) is 0 Å². The van der Waals surface area contributed by atoms with Gasteiger partial charge < -0.3 is 10.6 Å². The van der Waals surface area contributed by atoms with E-state index in [1.807, 2.05) is 32.0 Å². The number of hydrogen-bond donors (Lipinski definition) is 2. The summed E-state index contributed by atoms with van der Waals surface area (Å²) in [5, 5.41) is 10.4.